The number of methoxy groups -OCH3 is 1. The smallest absolute Gasteiger partial charge is 0.321 e. The van der Waals surface area contributed by atoms with Gasteiger partial charge in [-0.15, -0.1) is 0 Å². The van der Waals surface area contributed by atoms with E-state index in [2.05, 4.69) is 26.0 Å². The van der Waals surface area contributed by atoms with Crippen LogP contribution in [0.1, 0.15) is 15.9 Å². The summed E-state index contributed by atoms with van der Waals surface area (Å²) in [4.78, 5) is 22.4. The maximum absolute atomic E-state index is 11.9. The average Bonchev–Trinajstić information content (AvgIpc) is 2.34. The molecule has 98 valence electrons. The minimum Gasteiger partial charge on any atom is -0.468 e. The highest BCUT2D eigenvalue weighted by Crippen LogP contribution is 2.15. The highest BCUT2D eigenvalue weighted by atomic mass is 79.9. The number of esters is 1. The van der Waals surface area contributed by atoms with Crippen molar-refractivity contribution in [1.29, 1.82) is 0 Å². The molecule has 1 amide bonds. The Kier molecular flexibility index (Phi) is 5.62. The topological polar surface area (TPSA) is 55.4 Å². The molecule has 0 bridgehead atoms. The van der Waals surface area contributed by atoms with Gasteiger partial charge in [0.2, 0.25) is 0 Å². The number of carbonyl (C=O) groups excluding carboxylic acids is 2. The fourth-order valence-electron chi connectivity index (χ4n) is 1.37. The third-order valence-corrected chi connectivity index (χ3v) is 3.26. The van der Waals surface area contributed by atoms with E-state index in [1.165, 1.54) is 7.11 Å². The summed E-state index contributed by atoms with van der Waals surface area (Å²) >= 11 is 8.93. The molecule has 0 radical (unpaired) electrons. The van der Waals surface area contributed by atoms with Gasteiger partial charge in [-0.1, -0.05) is 27.5 Å². The molecule has 0 saturated heterocycles. The van der Waals surface area contributed by atoms with Gasteiger partial charge < -0.3 is 10.1 Å². The predicted octanol–water partition coefficient (Wildman–Crippen LogP) is 2.31. The van der Waals surface area contributed by atoms with E-state index in [0.717, 1.165) is 5.56 Å². The van der Waals surface area contributed by atoms with Crippen LogP contribution < -0.4 is 5.32 Å². The lowest BCUT2D eigenvalue weighted by molar-refractivity contribution is -0.139. The molecule has 1 atom stereocenters. The average molecular weight is 335 g/mol. The molecular weight excluding hydrogens is 321 g/mol. The lowest BCUT2D eigenvalue weighted by Gasteiger charge is -2.10. The molecule has 0 fully saturated rings. The summed E-state index contributed by atoms with van der Waals surface area (Å²) in [5.74, 6) is -0.680. The van der Waals surface area contributed by atoms with Crippen LogP contribution in [0, 0.1) is 6.92 Å². The molecular formula is C12H13BrClNO3. The van der Waals surface area contributed by atoms with Gasteiger partial charge in [-0.2, -0.15) is 0 Å². The number of hydrogen-bond donors (Lipinski definition) is 1. The third kappa shape index (κ3) is 3.99. The van der Waals surface area contributed by atoms with Crippen LogP contribution in [0.5, 0.6) is 0 Å². The Bertz CT molecular complexity index is 465. The number of carbonyl (C=O) groups is 2. The fourth-order valence-corrected chi connectivity index (χ4v) is 1.95. The van der Waals surface area contributed by atoms with Crippen molar-refractivity contribution in [2.24, 2.45) is 0 Å². The first-order valence-electron chi connectivity index (χ1n) is 5.22. The molecule has 0 aliphatic carbocycles. The number of rotatable bonds is 4. The van der Waals surface area contributed by atoms with E-state index in [1.807, 2.05) is 0 Å². The fraction of sp³-hybridized carbons (Fsp3) is 0.333. The second-order valence-electron chi connectivity index (χ2n) is 3.66. The highest BCUT2D eigenvalue weighted by Gasteiger charge is 2.17. The Morgan fingerprint density at radius 3 is 2.72 bits per heavy atom. The Balaban J connectivity index is 2.63. The molecule has 18 heavy (non-hydrogen) atoms. The standard InChI is InChI=1S/C12H13BrClNO3/c1-7-5-8(14)3-4-9(7)11(16)15-6-10(13)12(17)18-2/h3-5,10H,6H2,1-2H3,(H,15,16). The van der Waals surface area contributed by atoms with Gasteiger partial charge in [0.1, 0.15) is 4.83 Å². The van der Waals surface area contributed by atoms with Crippen LogP contribution in [0.3, 0.4) is 0 Å². The summed E-state index contributed by atoms with van der Waals surface area (Å²) in [5.41, 5.74) is 1.31. The zero-order valence-electron chi connectivity index (χ0n) is 10.00. The number of halogens is 2. The number of nitrogens with one attached hydrogen (secondary N) is 1. The van der Waals surface area contributed by atoms with E-state index < -0.39 is 10.8 Å². The molecule has 0 aromatic heterocycles. The van der Waals surface area contributed by atoms with Gasteiger partial charge >= 0.3 is 5.97 Å². The van der Waals surface area contributed by atoms with Gasteiger partial charge in [-0.05, 0) is 30.7 Å². The zero-order valence-corrected chi connectivity index (χ0v) is 12.3. The van der Waals surface area contributed by atoms with E-state index in [1.54, 1.807) is 25.1 Å². The van der Waals surface area contributed by atoms with Crippen LogP contribution in [0.4, 0.5) is 0 Å². The van der Waals surface area contributed by atoms with Crippen LogP contribution in [-0.4, -0.2) is 30.4 Å². The minimum atomic E-state index is -0.556. The Morgan fingerprint density at radius 1 is 1.50 bits per heavy atom. The lowest BCUT2D eigenvalue weighted by atomic mass is 10.1. The lowest BCUT2D eigenvalue weighted by Crippen LogP contribution is -2.34. The number of hydrogen-bond acceptors (Lipinski definition) is 3. The van der Waals surface area contributed by atoms with Crippen LogP contribution in [0.15, 0.2) is 18.2 Å². The normalized spacial score (nSPS) is 11.8. The summed E-state index contributed by atoms with van der Waals surface area (Å²) in [6, 6.07) is 5.01. The second kappa shape index (κ2) is 6.75. The summed E-state index contributed by atoms with van der Waals surface area (Å²) < 4.78 is 4.53. The predicted molar refractivity (Wildman–Crippen MR) is 73.3 cm³/mol. The van der Waals surface area contributed by atoms with E-state index in [4.69, 9.17) is 11.6 Å². The van der Waals surface area contributed by atoms with Crippen molar-refractivity contribution in [2.45, 2.75) is 11.8 Å². The van der Waals surface area contributed by atoms with Gasteiger partial charge in [-0.3, -0.25) is 9.59 Å². The molecule has 0 spiro atoms. The van der Waals surface area contributed by atoms with Gasteiger partial charge in [0.25, 0.3) is 5.91 Å². The molecule has 0 heterocycles. The van der Waals surface area contributed by atoms with Crippen LogP contribution >= 0.6 is 27.5 Å². The molecule has 6 heteroatoms. The molecule has 1 aromatic rings. The monoisotopic (exact) mass is 333 g/mol. The van der Waals surface area contributed by atoms with Crippen molar-refractivity contribution < 1.29 is 14.3 Å². The van der Waals surface area contributed by atoms with Crippen molar-refractivity contribution in [1.82, 2.24) is 5.32 Å². The molecule has 4 nitrogen and oxygen atoms in total. The van der Waals surface area contributed by atoms with E-state index in [9.17, 15) is 9.59 Å². The quantitative estimate of drug-likeness (QED) is 0.679. The third-order valence-electron chi connectivity index (χ3n) is 2.33. The Hall–Kier alpha value is -1.07. The molecule has 1 aromatic carbocycles. The summed E-state index contributed by atoms with van der Waals surface area (Å²) in [7, 11) is 1.29. The molecule has 0 aliphatic heterocycles. The van der Waals surface area contributed by atoms with Gasteiger partial charge in [0.15, 0.2) is 0 Å². The number of ether oxygens (including phenoxy) is 1. The number of benzene rings is 1. The van der Waals surface area contributed by atoms with E-state index in [-0.39, 0.29) is 12.5 Å². The van der Waals surface area contributed by atoms with Crippen molar-refractivity contribution in [2.75, 3.05) is 13.7 Å². The number of amides is 1. The van der Waals surface area contributed by atoms with E-state index >= 15 is 0 Å². The van der Waals surface area contributed by atoms with Crippen LogP contribution in [0.2, 0.25) is 5.02 Å². The van der Waals surface area contributed by atoms with E-state index in [0.29, 0.717) is 10.6 Å². The zero-order chi connectivity index (χ0) is 13.7. The molecule has 1 rings (SSSR count). The Labute approximate surface area is 119 Å². The van der Waals surface area contributed by atoms with Gasteiger partial charge in [-0.25, -0.2) is 0 Å². The van der Waals surface area contributed by atoms with Crippen molar-refractivity contribution in [3.8, 4) is 0 Å². The first kappa shape index (κ1) is 15.0. The molecule has 1 N–H and O–H groups in total. The van der Waals surface area contributed by atoms with Crippen LogP contribution in [-0.2, 0) is 9.53 Å². The number of alkyl halides is 1. The largest absolute Gasteiger partial charge is 0.468 e. The summed E-state index contributed by atoms with van der Waals surface area (Å²) in [6.45, 7) is 1.96. The van der Waals surface area contributed by atoms with Gasteiger partial charge in [0.05, 0.1) is 7.11 Å². The first-order valence-corrected chi connectivity index (χ1v) is 6.51. The molecule has 0 saturated carbocycles. The number of aryl methyl sites for hydroxylation is 1. The maximum atomic E-state index is 11.9. The van der Waals surface area contributed by atoms with Crippen LogP contribution in [0.25, 0.3) is 0 Å². The van der Waals surface area contributed by atoms with Crippen molar-refractivity contribution in [3.05, 3.63) is 34.3 Å². The second-order valence-corrected chi connectivity index (χ2v) is 5.20. The van der Waals surface area contributed by atoms with Crippen molar-refractivity contribution in [3.63, 3.8) is 0 Å². The molecule has 1 unspecified atom stereocenters. The molecule has 0 aliphatic rings. The first-order chi connectivity index (χ1) is 8.45. The van der Waals surface area contributed by atoms with Gasteiger partial charge in [0, 0.05) is 17.1 Å². The van der Waals surface area contributed by atoms with Crippen molar-refractivity contribution >= 4 is 39.4 Å². The SMILES string of the molecule is COC(=O)C(Br)CNC(=O)c1ccc(Cl)cc1C. The highest BCUT2D eigenvalue weighted by molar-refractivity contribution is 9.10. The summed E-state index contributed by atoms with van der Waals surface area (Å²) in [6.07, 6.45) is 0. The summed E-state index contributed by atoms with van der Waals surface area (Å²) in [5, 5.41) is 3.23. The Morgan fingerprint density at radius 2 is 2.17 bits per heavy atom. The minimum absolute atomic E-state index is 0.160. The maximum Gasteiger partial charge on any atom is 0.321 e.